The minimum Gasteiger partial charge on any atom is -0.330 e. The van der Waals surface area contributed by atoms with E-state index in [4.69, 9.17) is 5.73 Å². The molecule has 2 nitrogen and oxygen atoms in total. The lowest BCUT2D eigenvalue weighted by atomic mass is 10.3. The predicted octanol–water partition coefficient (Wildman–Crippen LogP) is 3.87. The van der Waals surface area contributed by atoms with Gasteiger partial charge in [-0.15, -0.1) is 0 Å². The molecule has 0 atom stereocenters. The summed E-state index contributed by atoms with van der Waals surface area (Å²) in [5, 5.41) is 0. The molecule has 0 aliphatic heterocycles. The van der Waals surface area contributed by atoms with Crippen LogP contribution < -0.4 is 5.73 Å². The van der Waals surface area contributed by atoms with Crippen molar-refractivity contribution in [1.29, 1.82) is 0 Å². The van der Waals surface area contributed by atoms with Crippen LogP contribution in [0.5, 0.6) is 0 Å². The van der Waals surface area contributed by atoms with Crippen molar-refractivity contribution >= 4 is 5.78 Å². The summed E-state index contributed by atoms with van der Waals surface area (Å²) in [4.78, 5) is 10.2. The number of hydrogen-bond acceptors (Lipinski definition) is 2. The summed E-state index contributed by atoms with van der Waals surface area (Å²) < 4.78 is 0. The van der Waals surface area contributed by atoms with Crippen LogP contribution in [0.15, 0.2) is 24.3 Å². The molecular weight excluding hydrogens is 198 g/mol. The molecular formula is C14H29NO. The first-order valence-electron chi connectivity index (χ1n) is 6.08. The first-order chi connectivity index (χ1) is 7.54. The predicted molar refractivity (Wildman–Crippen MR) is 74.6 cm³/mol. The van der Waals surface area contributed by atoms with Crippen LogP contribution in [-0.2, 0) is 4.79 Å². The Hall–Kier alpha value is -0.890. The van der Waals surface area contributed by atoms with Gasteiger partial charge < -0.3 is 5.73 Å². The van der Waals surface area contributed by atoms with Gasteiger partial charge in [0, 0.05) is 0 Å². The van der Waals surface area contributed by atoms with E-state index in [0.29, 0.717) is 0 Å². The molecule has 0 aromatic heterocycles. The van der Waals surface area contributed by atoms with Crippen molar-refractivity contribution in [2.24, 2.45) is 5.73 Å². The molecule has 0 radical (unpaired) electrons. The molecule has 2 N–H and O–H groups in total. The molecule has 0 amide bonds. The summed E-state index contributed by atoms with van der Waals surface area (Å²) in [6.07, 6.45) is 6.95. The third kappa shape index (κ3) is 38.0. The highest BCUT2D eigenvalue weighted by Crippen LogP contribution is 1.88. The zero-order valence-electron chi connectivity index (χ0n) is 11.7. The van der Waals surface area contributed by atoms with Gasteiger partial charge in [0.15, 0.2) is 5.78 Å². The molecule has 0 heterocycles. The molecule has 96 valence electrons. The minimum absolute atomic E-state index is 0.0630. The Morgan fingerprint density at radius 2 is 1.69 bits per heavy atom. The van der Waals surface area contributed by atoms with Crippen molar-refractivity contribution in [3.63, 3.8) is 0 Å². The monoisotopic (exact) mass is 227 g/mol. The third-order valence-corrected chi connectivity index (χ3v) is 1.41. The zero-order valence-corrected chi connectivity index (χ0v) is 11.7. The molecule has 0 aromatic carbocycles. The van der Waals surface area contributed by atoms with Crippen molar-refractivity contribution in [3.8, 4) is 0 Å². The number of nitrogens with two attached hydrogens (primary N) is 1. The van der Waals surface area contributed by atoms with Crippen LogP contribution in [0.25, 0.3) is 0 Å². The second kappa shape index (κ2) is 19.6. The molecule has 0 aliphatic rings. The van der Waals surface area contributed by atoms with Gasteiger partial charge in [-0.2, -0.15) is 0 Å². The molecule has 0 bridgehead atoms. The molecule has 0 fully saturated rings. The smallest absolute Gasteiger partial charge is 0.152 e. The molecule has 0 aliphatic carbocycles. The Morgan fingerprint density at radius 1 is 1.19 bits per heavy atom. The highest BCUT2D eigenvalue weighted by molar-refractivity contribution is 5.87. The van der Waals surface area contributed by atoms with Gasteiger partial charge in [0.05, 0.1) is 0 Å². The van der Waals surface area contributed by atoms with Gasteiger partial charge in [-0.05, 0) is 32.9 Å². The average Bonchev–Trinajstić information content (AvgIpc) is 2.27. The Balaban J connectivity index is -0.000000188. The highest BCUT2D eigenvalue weighted by atomic mass is 16.1. The van der Waals surface area contributed by atoms with Crippen LogP contribution >= 0.6 is 0 Å². The molecule has 2 heteroatoms. The van der Waals surface area contributed by atoms with Crippen LogP contribution in [0.1, 0.15) is 53.9 Å². The van der Waals surface area contributed by atoms with Crippen LogP contribution in [-0.4, -0.2) is 12.3 Å². The number of rotatable bonds is 5. The van der Waals surface area contributed by atoms with E-state index in [9.17, 15) is 4.79 Å². The maximum Gasteiger partial charge on any atom is 0.152 e. The van der Waals surface area contributed by atoms with Gasteiger partial charge in [0.2, 0.25) is 0 Å². The van der Waals surface area contributed by atoms with E-state index in [-0.39, 0.29) is 5.78 Å². The lowest BCUT2D eigenvalue weighted by Crippen LogP contribution is -1.96. The Kier molecular flexibility index (Phi) is 25.2. The number of hydrogen-bond donors (Lipinski definition) is 1. The van der Waals surface area contributed by atoms with Gasteiger partial charge in [0.25, 0.3) is 0 Å². The van der Waals surface area contributed by atoms with Crippen LogP contribution in [0.3, 0.4) is 0 Å². The van der Waals surface area contributed by atoms with Crippen molar-refractivity contribution in [2.45, 2.75) is 53.9 Å². The second-order valence-corrected chi connectivity index (χ2v) is 3.29. The SMILES string of the molecule is C=C(C)/C=C\C(C)=O.CC.CCCCCN. The van der Waals surface area contributed by atoms with E-state index in [1.165, 1.54) is 32.3 Å². The van der Waals surface area contributed by atoms with Gasteiger partial charge in [-0.25, -0.2) is 0 Å². The average molecular weight is 227 g/mol. The molecule has 0 spiro atoms. The third-order valence-electron chi connectivity index (χ3n) is 1.41. The molecule has 0 saturated heterocycles. The number of unbranched alkanes of at least 4 members (excludes halogenated alkanes) is 2. The Labute approximate surface area is 102 Å². The number of carbonyl (C=O) groups is 1. The lowest BCUT2D eigenvalue weighted by Gasteiger charge is -1.86. The maximum absolute atomic E-state index is 10.2. The molecule has 0 aromatic rings. The van der Waals surface area contributed by atoms with Gasteiger partial charge in [0.1, 0.15) is 0 Å². The number of ketones is 1. The van der Waals surface area contributed by atoms with E-state index in [2.05, 4.69) is 13.5 Å². The number of allylic oxidation sites excluding steroid dienone is 3. The summed E-state index contributed by atoms with van der Waals surface area (Å²) >= 11 is 0. The quantitative estimate of drug-likeness (QED) is 0.440. The zero-order chi connectivity index (χ0) is 13.4. The summed E-state index contributed by atoms with van der Waals surface area (Å²) in [7, 11) is 0. The highest BCUT2D eigenvalue weighted by Gasteiger charge is 1.78. The van der Waals surface area contributed by atoms with E-state index >= 15 is 0 Å². The Bertz CT molecular complexity index is 163. The normalized spacial score (nSPS) is 8.62. The summed E-state index contributed by atoms with van der Waals surface area (Å²) in [6, 6.07) is 0. The molecule has 0 rings (SSSR count). The van der Waals surface area contributed by atoms with Crippen LogP contribution in [0, 0.1) is 0 Å². The van der Waals surface area contributed by atoms with Crippen LogP contribution in [0.2, 0.25) is 0 Å². The van der Waals surface area contributed by atoms with Gasteiger partial charge in [-0.1, -0.05) is 51.8 Å². The topological polar surface area (TPSA) is 43.1 Å². The van der Waals surface area contributed by atoms with Crippen LogP contribution in [0.4, 0.5) is 0 Å². The fourth-order valence-corrected chi connectivity index (χ4v) is 0.654. The fraction of sp³-hybridized carbons (Fsp3) is 0.643. The second-order valence-electron chi connectivity index (χ2n) is 3.29. The largest absolute Gasteiger partial charge is 0.330 e. The maximum atomic E-state index is 10.2. The van der Waals surface area contributed by atoms with E-state index in [1.54, 1.807) is 6.08 Å². The first kappa shape index (κ1) is 20.5. The summed E-state index contributed by atoms with van der Waals surface area (Å²) in [6.45, 7) is 14.0. The van der Waals surface area contributed by atoms with Crippen molar-refractivity contribution in [1.82, 2.24) is 0 Å². The van der Waals surface area contributed by atoms with Crippen molar-refractivity contribution < 1.29 is 4.79 Å². The molecule has 0 unspecified atom stereocenters. The van der Waals surface area contributed by atoms with Crippen molar-refractivity contribution in [2.75, 3.05) is 6.54 Å². The fourth-order valence-electron chi connectivity index (χ4n) is 0.654. The van der Waals surface area contributed by atoms with Gasteiger partial charge >= 0.3 is 0 Å². The summed E-state index contributed by atoms with van der Waals surface area (Å²) in [5.74, 6) is 0.0630. The minimum atomic E-state index is 0.0630. The Morgan fingerprint density at radius 3 is 1.81 bits per heavy atom. The van der Waals surface area contributed by atoms with Crippen molar-refractivity contribution in [3.05, 3.63) is 24.3 Å². The van der Waals surface area contributed by atoms with E-state index in [0.717, 1.165) is 12.1 Å². The summed E-state index contributed by atoms with van der Waals surface area (Å²) in [5.41, 5.74) is 6.12. The standard InChI is InChI=1S/C7H10O.C5H13N.C2H6/c1-6(2)4-5-7(3)8;1-2-3-4-5-6;1-2/h4-5H,1H2,2-3H3;2-6H2,1H3;1-2H3/b5-4-;;. The first-order valence-corrected chi connectivity index (χ1v) is 6.08. The number of carbonyl (C=O) groups excluding carboxylic acids is 1. The molecule has 0 saturated carbocycles. The van der Waals surface area contributed by atoms with Gasteiger partial charge in [-0.3, -0.25) is 4.79 Å². The van der Waals surface area contributed by atoms with E-state index in [1.807, 2.05) is 20.8 Å². The molecule has 16 heavy (non-hydrogen) atoms. The lowest BCUT2D eigenvalue weighted by molar-refractivity contribution is -0.112. The van der Waals surface area contributed by atoms with E-state index < -0.39 is 0 Å².